The number of Topliss-reactive ketones (excluding diaryl/α,β-unsaturated/α-hetero) is 1. The number of benzene rings is 2. The number of nitrogens with one attached hydrogen (secondary N) is 1. The third-order valence-corrected chi connectivity index (χ3v) is 5.61. The summed E-state index contributed by atoms with van der Waals surface area (Å²) in [7, 11) is 1.95. The Labute approximate surface area is 188 Å². The monoisotopic (exact) mass is 434 g/mol. The molecule has 2 aromatic carbocycles. The lowest BCUT2D eigenvalue weighted by molar-refractivity contribution is 0.0988. The number of aryl methyl sites for hydroxylation is 1. The van der Waals surface area contributed by atoms with Gasteiger partial charge in [-0.05, 0) is 49.7 Å². The van der Waals surface area contributed by atoms with Crippen molar-refractivity contribution >= 4 is 17.3 Å². The molecule has 0 atom stereocenters. The molecule has 7 heteroatoms. The predicted octanol–water partition coefficient (Wildman–Crippen LogP) is 4.45. The third kappa shape index (κ3) is 4.21. The summed E-state index contributed by atoms with van der Waals surface area (Å²) in [4.78, 5) is 12.1. The Kier molecular flexibility index (Phi) is 6.46. The summed E-state index contributed by atoms with van der Waals surface area (Å²) in [6, 6.07) is 11.7. The molecule has 0 spiro atoms. The number of nitrogens with zero attached hydrogens (tertiary/aromatic N) is 2. The summed E-state index contributed by atoms with van der Waals surface area (Å²) < 4.78 is 13.7. The number of carbonyl (C=O) groups excluding carboxylic acids is 1. The zero-order chi connectivity index (χ0) is 22.7. The molecule has 7 nitrogen and oxygen atoms in total. The molecule has 0 aliphatic heterocycles. The first-order valence-corrected chi connectivity index (χ1v) is 11.1. The number of hydrogen-bond acceptors (Lipinski definition) is 6. The van der Waals surface area contributed by atoms with Gasteiger partial charge in [0, 0.05) is 42.3 Å². The van der Waals surface area contributed by atoms with Crippen LogP contribution in [0.15, 0.2) is 36.4 Å². The zero-order valence-corrected chi connectivity index (χ0v) is 18.9. The maximum atomic E-state index is 12.1. The first-order chi connectivity index (χ1) is 15.5. The molecule has 1 aromatic heterocycles. The van der Waals surface area contributed by atoms with E-state index in [1.54, 1.807) is 0 Å². The van der Waals surface area contributed by atoms with Crippen molar-refractivity contribution in [1.82, 2.24) is 9.78 Å². The van der Waals surface area contributed by atoms with Crippen LogP contribution in [-0.2, 0) is 13.5 Å². The van der Waals surface area contributed by atoms with Gasteiger partial charge in [-0.3, -0.25) is 9.48 Å². The molecule has 0 radical (unpaired) electrons. The first-order valence-electron chi connectivity index (χ1n) is 11.1. The summed E-state index contributed by atoms with van der Waals surface area (Å²) in [5.41, 5.74) is 11.6. The predicted molar refractivity (Wildman–Crippen MR) is 126 cm³/mol. The van der Waals surface area contributed by atoms with E-state index in [0.717, 1.165) is 52.7 Å². The summed E-state index contributed by atoms with van der Waals surface area (Å²) in [6.45, 7) is 5.54. The molecule has 1 aliphatic rings. The van der Waals surface area contributed by atoms with E-state index in [4.69, 9.17) is 20.3 Å². The number of ether oxygens (including phenoxy) is 2. The minimum atomic E-state index is 0.123. The average Bonchev–Trinajstić information content (AvgIpc) is 3.31. The highest BCUT2D eigenvalue weighted by Gasteiger charge is 2.29. The second-order valence-electron chi connectivity index (χ2n) is 7.84. The van der Waals surface area contributed by atoms with E-state index in [1.807, 2.05) is 49.8 Å². The van der Waals surface area contributed by atoms with Crippen LogP contribution in [0.3, 0.4) is 0 Å². The molecule has 1 heterocycles. The lowest BCUT2D eigenvalue weighted by Crippen LogP contribution is -2.07. The van der Waals surface area contributed by atoms with Crippen molar-refractivity contribution < 1.29 is 14.3 Å². The molecule has 1 aliphatic carbocycles. The van der Waals surface area contributed by atoms with Crippen LogP contribution in [0.4, 0.5) is 11.5 Å². The van der Waals surface area contributed by atoms with Gasteiger partial charge in [0.15, 0.2) is 23.1 Å². The van der Waals surface area contributed by atoms with E-state index < -0.39 is 0 Å². The van der Waals surface area contributed by atoms with Gasteiger partial charge in [-0.15, -0.1) is 0 Å². The van der Waals surface area contributed by atoms with Crippen molar-refractivity contribution in [1.29, 1.82) is 0 Å². The summed E-state index contributed by atoms with van der Waals surface area (Å²) >= 11 is 0. The molecular formula is C25H30N4O3. The van der Waals surface area contributed by atoms with E-state index in [1.165, 1.54) is 5.56 Å². The lowest BCUT2D eigenvalue weighted by Gasteiger charge is -2.14. The maximum Gasteiger partial charge on any atom is 0.162 e. The number of fused-ring (bicyclic) bond motifs is 3. The van der Waals surface area contributed by atoms with Crippen LogP contribution in [0.2, 0.25) is 0 Å². The molecule has 0 bridgehead atoms. The van der Waals surface area contributed by atoms with Crippen molar-refractivity contribution in [3.8, 4) is 22.8 Å². The normalized spacial score (nSPS) is 11.8. The highest BCUT2D eigenvalue weighted by molar-refractivity contribution is 5.96. The number of ketones is 1. The number of aromatic nitrogens is 2. The van der Waals surface area contributed by atoms with Gasteiger partial charge < -0.3 is 20.5 Å². The van der Waals surface area contributed by atoms with Gasteiger partial charge in [0.2, 0.25) is 0 Å². The van der Waals surface area contributed by atoms with Gasteiger partial charge in [-0.2, -0.15) is 5.10 Å². The molecular weight excluding hydrogens is 404 g/mol. The van der Waals surface area contributed by atoms with Crippen LogP contribution < -0.4 is 20.5 Å². The van der Waals surface area contributed by atoms with E-state index in [9.17, 15) is 4.79 Å². The Bertz CT molecular complexity index is 1140. The number of nitrogens with two attached hydrogens (primary N) is 1. The van der Waals surface area contributed by atoms with Crippen LogP contribution in [0.25, 0.3) is 11.3 Å². The smallest absolute Gasteiger partial charge is 0.162 e. The minimum Gasteiger partial charge on any atom is -0.490 e. The fraction of sp³-hybridized carbons (Fsp3) is 0.360. The molecule has 0 amide bonds. The number of anilines is 2. The molecule has 0 saturated carbocycles. The lowest BCUT2D eigenvalue weighted by atomic mass is 10.1. The van der Waals surface area contributed by atoms with Crippen molar-refractivity contribution in [3.63, 3.8) is 0 Å². The number of carbonyl (C=O) groups is 1. The fourth-order valence-corrected chi connectivity index (χ4v) is 4.09. The number of hydrogen-bond donors (Lipinski definition) is 2. The zero-order valence-electron chi connectivity index (χ0n) is 18.9. The van der Waals surface area contributed by atoms with Crippen molar-refractivity contribution in [2.75, 3.05) is 25.1 Å². The molecule has 0 saturated heterocycles. The molecule has 168 valence electrons. The summed E-state index contributed by atoms with van der Waals surface area (Å²) in [5, 5.41) is 8.13. The van der Waals surface area contributed by atoms with E-state index in [-0.39, 0.29) is 5.78 Å². The number of rotatable bonds is 10. The molecule has 3 aromatic rings. The topological polar surface area (TPSA) is 91.4 Å². The minimum absolute atomic E-state index is 0.123. The third-order valence-electron chi connectivity index (χ3n) is 5.61. The van der Waals surface area contributed by atoms with E-state index in [2.05, 4.69) is 17.4 Å². The van der Waals surface area contributed by atoms with Crippen LogP contribution in [0, 0.1) is 0 Å². The highest BCUT2D eigenvalue weighted by atomic mass is 16.5. The largest absolute Gasteiger partial charge is 0.490 e. The van der Waals surface area contributed by atoms with Gasteiger partial charge >= 0.3 is 0 Å². The Morgan fingerprint density at radius 3 is 2.75 bits per heavy atom. The summed E-state index contributed by atoms with van der Waals surface area (Å²) in [6.07, 6.45) is 2.01. The molecule has 3 N–H and O–H groups in total. The van der Waals surface area contributed by atoms with Gasteiger partial charge in [-0.25, -0.2) is 0 Å². The fourth-order valence-electron chi connectivity index (χ4n) is 4.09. The van der Waals surface area contributed by atoms with Crippen LogP contribution in [-0.4, -0.2) is 35.3 Å². The SMILES string of the molecule is CCOc1cc2c(cc1OCCCN)-c1c(c(Nc3cccc(C(=O)CC)c3)nn1C)C2. The second-order valence-corrected chi connectivity index (χ2v) is 7.84. The Balaban J connectivity index is 1.66. The van der Waals surface area contributed by atoms with Gasteiger partial charge in [0.05, 0.1) is 18.9 Å². The maximum absolute atomic E-state index is 12.1. The van der Waals surface area contributed by atoms with Crippen molar-refractivity contribution in [3.05, 3.63) is 53.1 Å². The Morgan fingerprint density at radius 1 is 1.19 bits per heavy atom. The summed E-state index contributed by atoms with van der Waals surface area (Å²) in [5.74, 6) is 2.40. The Hall–Kier alpha value is -3.32. The Morgan fingerprint density at radius 2 is 2.00 bits per heavy atom. The molecule has 32 heavy (non-hydrogen) atoms. The van der Waals surface area contributed by atoms with Crippen LogP contribution >= 0.6 is 0 Å². The standard InChI is InChI=1S/C25H30N4O3/c1-4-21(30)16-8-6-9-18(12-16)27-25-20-13-17-14-22(31-5-2)23(32-11-7-10-26)15-19(17)24(20)29(3)28-25/h6,8-9,12,14-15H,4-5,7,10-11,13,26H2,1-3H3,(H,27,28). The first kappa shape index (κ1) is 21.9. The quantitative estimate of drug-likeness (QED) is 0.283. The van der Waals surface area contributed by atoms with Gasteiger partial charge in [-0.1, -0.05) is 19.1 Å². The average molecular weight is 435 g/mol. The van der Waals surface area contributed by atoms with Gasteiger partial charge in [0.25, 0.3) is 0 Å². The van der Waals surface area contributed by atoms with Crippen molar-refractivity contribution in [2.24, 2.45) is 12.8 Å². The molecule has 0 unspecified atom stereocenters. The molecule has 0 fully saturated rings. The van der Waals surface area contributed by atoms with Crippen molar-refractivity contribution in [2.45, 2.75) is 33.1 Å². The van der Waals surface area contributed by atoms with E-state index >= 15 is 0 Å². The van der Waals surface area contributed by atoms with Crippen LogP contribution in [0.5, 0.6) is 11.5 Å². The van der Waals surface area contributed by atoms with E-state index in [0.29, 0.717) is 31.7 Å². The highest BCUT2D eigenvalue weighted by Crippen LogP contribution is 2.45. The van der Waals surface area contributed by atoms with Gasteiger partial charge in [0.1, 0.15) is 0 Å². The van der Waals surface area contributed by atoms with Crippen LogP contribution in [0.1, 0.15) is 48.2 Å². The second kappa shape index (κ2) is 9.44. The molecule has 4 rings (SSSR count).